The van der Waals surface area contributed by atoms with Crippen molar-refractivity contribution in [3.63, 3.8) is 0 Å². The zero-order valence-corrected chi connectivity index (χ0v) is 20.8. The number of carbonyl (C=O) groups is 1. The Bertz CT molecular complexity index is 1440. The van der Waals surface area contributed by atoms with Crippen LogP contribution >= 0.6 is 0 Å². The molecule has 184 valence electrons. The summed E-state index contributed by atoms with van der Waals surface area (Å²) in [4.78, 5) is 31.1. The van der Waals surface area contributed by atoms with Gasteiger partial charge in [0, 0.05) is 50.4 Å². The van der Waals surface area contributed by atoms with Crippen molar-refractivity contribution in [2.75, 3.05) is 33.2 Å². The highest BCUT2D eigenvalue weighted by Gasteiger charge is 2.18. The smallest absolute Gasteiger partial charge is 0.255 e. The molecule has 36 heavy (non-hydrogen) atoms. The highest BCUT2D eigenvalue weighted by Crippen LogP contribution is 2.27. The molecule has 0 bridgehead atoms. The van der Waals surface area contributed by atoms with E-state index in [0.29, 0.717) is 34.4 Å². The normalized spacial score (nSPS) is 14.7. The van der Waals surface area contributed by atoms with Crippen LogP contribution in [0.5, 0.6) is 0 Å². The van der Waals surface area contributed by atoms with E-state index >= 15 is 0 Å². The average Bonchev–Trinajstić information content (AvgIpc) is 2.91. The van der Waals surface area contributed by atoms with Crippen LogP contribution in [0.2, 0.25) is 0 Å². The molecule has 6 heteroatoms. The first-order valence-corrected chi connectivity index (χ1v) is 12.4. The second-order valence-corrected chi connectivity index (χ2v) is 9.52. The number of benzene rings is 3. The number of nitrogens with zero attached hydrogens (tertiary/aromatic N) is 2. The number of likely N-dealkylation sites (N-methyl/N-ethyl adjacent to an activating group) is 1. The molecule has 5 rings (SSSR count). The third-order valence-corrected chi connectivity index (χ3v) is 6.87. The number of carbonyl (C=O) groups excluding carboxylic acids is 1. The van der Waals surface area contributed by atoms with Crippen LogP contribution < -0.4 is 10.7 Å². The molecule has 0 unspecified atom stereocenters. The van der Waals surface area contributed by atoms with Gasteiger partial charge in [-0.25, -0.2) is 0 Å². The maximum atomic E-state index is 13.2. The summed E-state index contributed by atoms with van der Waals surface area (Å²) in [6.07, 6.45) is 0. The lowest BCUT2D eigenvalue weighted by molar-refractivity contribution is 0.0951. The lowest BCUT2D eigenvalue weighted by atomic mass is 10.0. The molecule has 1 amide bonds. The van der Waals surface area contributed by atoms with E-state index in [1.165, 1.54) is 5.56 Å². The van der Waals surface area contributed by atoms with Crippen molar-refractivity contribution in [1.82, 2.24) is 15.1 Å². The fraction of sp³-hybridized carbons (Fsp3) is 0.267. The molecule has 0 atom stereocenters. The van der Waals surface area contributed by atoms with E-state index in [2.05, 4.69) is 34.3 Å². The predicted octanol–water partition coefficient (Wildman–Crippen LogP) is 4.45. The third-order valence-electron chi connectivity index (χ3n) is 6.87. The van der Waals surface area contributed by atoms with Crippen LogP contribution in [0.25, 0.3) is 22.3 Å². The molecule has 0 saturated carbocycles. The number of para-hydroxylation sites is 1. The minimum Gasteiger partial charge on any atom is -0.455 e. The van der Waals surface area contributed by atoms with Gasteiger partial charge in [0.25, 0.3) is 5.91 Å². The molecule has 3 aromatic carbocycles. The van der Waals surface area contributed by atoms with Crippen LogP contribution in [0.1, 0.15) is 27.0 Å². The number of hydrogen-bond acceptors (Lipinski definition) is 5. The second kappa shape index (κ2) is 10.5. The van der Waals surface area contributed by atoms with E-state index in [1.54, 1.807) is 25.1 Å². The Morgan fingerprint density at radius 3 is 2.42 bits per heavy atom. The van der Waals surface area contributed by atoms with Crippen LogP contribution in [0.3, 0.4) is 0 Å². The van der Waals surface area contributed by atoms with E-state index in [-0.39, 0.29) is 11.3 Å². The molecular weight excluding hydrogens is 450 g/mol. The molecule has 2 heterocycles. The molecule has 1 saturated heterocycles. The van der Waals surface area contributed by atoms with E-state index in [9.17, 15) is 9.59 Å². The Labute approximate surface area is 211 Å². The second-order valence-electron chi connectivity index (χ2n) is 9.52. The van der Waals surface area contributed by atoms with Gasteiger partial charge in [0.2, 0.25) is 0 Å². The Hall–Kier alpha value is -3.74. The van der Waals surface area contributed by atoms with Gasteiger partial charge in [0.1, 0.15) is 5.76 Å². The van der Waals surface area contributed by atoms with Crippen molar-refractivity contribution in [3.05, 3.63) is 105 Å². The molecule has 1 aliphatic heterocycles. The van der Waals surface area contributed by atoms with Gasteiger partial charge >= 0.3 is 0 Å². The van der Waals surface area contributed by atoms with Crippen molar-refractivity contribution >= 4 is 16.9 Å². The van der Waals surface area contributed by atoms with E-state index < -0.39 is 0 Å². The van der Waals surface area contributed by atoms with Gasteiger partial charge in [0.15, 0.2) is 11.0 Å². The van der Waals surface area contributed by atoms with Gasteiger partial charge in [-0.05, 0) is 37.2 Å². The summed E-state index contributed by atoms with van der Waals surface area (Å²) >= 11 is 0. The topological polar surface area (TPSA) is 65.8 Å². The number of rotatable bonds is 6. The Morgan fingerprint density at radius 2 is 1.64 bits per heavy atom. The lowest BCUT2D eigenvalue weighted by Gasteiger charge is -2.32. The Morgan fingerprint density at radius 1 is 0.917 bits per heavy atom. The SMILES string of the molecule is Cc1c(-c2ccccc2)oc2c(C(=O)NCc3cccc(CN4CCN(C)CC4)c3)cccc2c1=O. The largest absolute Gasteiger partial charge is 0.455 e. The zero-order chi connectivity index (χ0) is 25.1. The third kappa shape index (κ3) is 5.10. The lowest BCUT2D eigenvalue weighted by Crippen LogP contribution is -2.43. The monoisotopic (exact) mass is 481 g/mol. The van der Waals surface area contributed by atoms with Crippen molar-refractivity contribution in [2.45, 2.75) is 20.0 Å². The summed E-state index contributed by atoms with van der Waals surface area (Å²) in [5.74, 6) is 0.223. The number of hydrogen-bond donors (Lipinski definition) is 1. The Balaban J connectivity index is 1.36. The minimum absolute atomic E-state index is 0.124. The van der Waals surface area contributed by atoms with Crippen LogP contribution in [0, 0.1) is 6.92 Å². The first kappa shape index (κ1) is 24.0. The van der Waals surface area contributed by atoms with Crippen molar-refractivity contribution in [2.24, 2.45) is 0 Å². The minimum atomic E-state index is -0.268. The molecule has 1 aromatic heterocycles. The molecular formula is C30H31N3O3. The highest BCUT2D eigenvalue weighted by molar-refractivity contribution is 6.05. The molecule has 1 aliphatic rings. The number of fused-ring (bicyclic) bond motifs is 1. The van der Waals surface area contributed by atoms with Crippen molar-refractivity contribution in [3.8, 4) is 11.3 Å². The fourth-order valence-electron chi connectivity index (χ4n) is 4.73. The molecule has 0 spiro atoms. The number of nitrogens with one attached hydrogen (secondary N) is 1. The Kier molecular flexibility index (Phi) is 6.98. The zero-order valence-electron chi connectivity index (χ0n) is 20.8. The van der Waals surface area contributed by atoms with Gasteiger partial charge in [-0.3, -0.25) is 14.5 Å². The van der Waals surface area contributed by atoms with E-state index in [1.807, 2.05) is 42.5 Å². The molecule has 0 radical (unpaired) electrons. The molecule has 6 nitrogen and oxygen atoms in total. The summed E-state index contributed by atoms with van der Waals surface area (Å²) in [6.45, 7) is 7.36. The predicted molar refractivity (Wildman–Crippen MR) is 143 cm³/mol. The standard InChI is InChI=1S/C30H31N3O3/c1-21-27(34)25-12-7-13-26(29(25)36-28(21)24-10-4-3-5-11-24)30(35)31-19-22-8-6-9-23(18-22)20-33-16-14-32(2)15-17-33/h3-13,18H,14-17,19-20H2,1-2H3,(H,31,35). The average molecular weight is 482 g/mol. The molecule has 0 aliphatic carbocycles. The maximum Gasteiger partial charge on any atom is 0.255 e. The van der Waals surface area contributed by atoms with Crippen molar-refractivity contribution < 1.29 is 9.21 Å². The highest BCUT2D eigenvalue weighted by atomic mass is 16.3. The first-order chi connectivity index (χ1) is 17.5. The van der Waals surface area contributed by atoms with Gasteiger partial charge in [-0.15, -0.1) is 0 Å². The van der Waals surface area contributed by atoms with Crippen LogP contribution in [0.15, 0.2) is 82.0 Å². The van der Waals surface area contributed by atoms with Gasteiger partial charge in [-0.2, -0.15) is 0 Å². The quantitative estimate of drug-likeness (QED) is 0.441. The van der Waals surface area contributed by atoms with Gasteiger partial charge < -0.3 is 14.6 Å². The summed E-state index contributed by atoms with van der Waals surface area (Å²) < 4.78 is 6.21. The van der Waals surface area contributed by atoms with Crippen LogP contribution in [0.4, 0.5) is 0 Å². The first-order valence-electron chi connectivity index (χ1n) is 12.4. The fourth-order valence-corrected chi connectivity index (χ4v) is 4.73. The van der Waals surface area contributed by atoms with E-state index in [4.69, 9.17) is 4.42 Å². The summed E-state index contributed by atoms with van der Waals surface area (Å²) in [5, 5.41) is 3.43. The number of amides is 1. The van der Waals surface area contributed by atoms with E-state index in [0.717, 1.165) is 43.9 Å². The summed E-state index contributed by atoms with van der Waals surface area (Å²) in [7, 11) is 2.16. The van der Waals surface area contributed by atoms with Gasteiger partial charge in [0.05, 0.1) is 10.9 Å². The van der Waals surface area contributed by atoms with Crippen LogP contribution in [-0.4, -0.2) is 48.9 Å². The van der Waals surface area contributed by atoms with Gasteiger partial charge in [-0.1, -0.05) is 60.7 Å². The molecule has 1 fully saturated rings. The maximum absolute atomic E-state index is 13.2. The van der Waals surface area contributed by atoms with Crippen molar-refractivity contribution in [1.29, 1.82) is 0 Å². The molecule has 4 aromatic rings. The summed E-state index contributed by atoms with van der Waals surface area (Å²) in [5.41, 5.74) is 4.16. The van der Waals surface area contributed by atoms with Crippen LogP contribution in [-0.2, 0) is 13.1 Å². The summed E-state index contributed by atoms with van der Waals surface area (Å²) in [6, 6.07) is 23.0. The number of piperazine rings is 1. The molecule has 1 N–H and O–H groups in total.